The number of hydrogen-bond donors (Lipinski definition) is 1. The molecule has 0 aliphatic carbocycles. The minimum atomic E-state index is 0.546. The van der Waals surface area contributed by atoms with Gasteiger partial charge in [-0.15, -0.1) is 0 Å². The number of aryl methyl sites for hydroxylation is 1. The zero-order valence-electron chi connectivity index (χ0n) is 9.40. The first-order valence-corrected chi connectivity index (χ1v) is 5.59. The summed E-state index contributed by atoms with van der Waals surface area (Å²) in [4.78, 5) is 11.0. The van der Waals surface area contributed by atoms with Gasteiger partial charge in [-0.05, 0) is 6.92 Å². The maximum atomic E-state index is 4.32. The van der Waals surface area contributed by atoms with Gasteiger partial charge in [-0.25, -0.2) is 9.97 Å². The van der Waals surface area contributed by atoms with Crippen molar-refractivity contribution in [2.75, 3.05) is 24.5 Å². The monoisotopic (exact) mass is 206 g/mol. The number of rotatable bonds is 2. The topological polar surface area (TPSA) is 41.1 Å². The van der Waals surface area contributed by atoms with Crippen molar-refractivity contribution in [1.29, 1.82) is 0 Å². The Bertz CT molecular complexity index is 309. The zero-order valence-corrected chi connectivity index (χ0v) is 9.40. The predicted molar refractivity (Wildman–Crippen MR) is 61.1 cm³/mol. The van der Waals surface area contributed by atoms with Crippen molar-refractivity contribution in [2.24, 2.45) is 0 Å². The molecule has 4 nitrogen and oxygen atoms in total. The van der Waals surface area contributed by atoms with E-state index in [-0.39, 0.29) is 0 Å². The molecule has 0 saturated carbocycles. The van der Waals surface area contributed by atoms with Crippen LogP contribution < -0.4 is 10.2 Å². The van der Waals surface area contributed by atoms with E-state index >= 15 is 0 Å². The van der Waals surface area contributed by atoms with E-state index in [0.29, 0.717) is 6.04 Å². The van der Waals surface area contributed by atoms with Crippen LogP contribution in [0.1, 0.15) is 19.7 Å². The van der Waals surface area contributed by atoms with E-state index in [1.54, 1.807) is 0 Å². The van der Waals surface area contributed by atoms with Crippen molar-refractivity contribution in [3.05, 3.63) is 18.2 Å². The standard InChI is InChI=1S/C11H18N4/c1-3-11-13-6-10(7-14-11)15-5-4-12-9(2)8-15/h6-7,9,12H,3-5,8H2,1-2H3/t9-/m0/s1. The zero-order chi connectivity index (χ0) is 10.7. The summed E-state index contributed by atoms with van der Waals surface area (Å²) in [7, 11) is 0. The fraction of sp³-hybridized carbons (Fsp3) is 0.636. The number of nitrogens with one attached hydrogen (secondary N) is 1. The van der Waals surface area contributed by atoms with Gasteiger partial charge < -0.3 is 10.2 Å². The third-order valence-electron chi connectivity index (χ3n) is 2.74. The molecule has 1 aliphatic heterocycles. The SMILES string of the molecule is CCc1ncc(N2CCN[C@@H](C)C2)cn1. The van der Waals surface area contributed by atoms with Crippen LogP contribution in [0.3, 0.4) is 0 Å². The Morgan fingerprint density at radius 1 is 1.47 bits per heavy atom. The van der Waals surface area contributed by atoms with E-state index in [2.05, 4.69) is 34.0 Å². The quantitative estimate of drug-likeness (QED) is 0.778. The Morgan fingerprint density at radius 3 is 2.80 bits per heavy atom. The average molecular weight is 206 g/mol. The van der Waals surface area contributed by atoms with Gasteiger partial charge in [0.1, 0.15) is 5.82 Å². The second-order valence-corrected chi connectivity index (χ2v) is 4.01. The third kappa shape index (κ3) is 2.45. The summed E-state index contributed by atoms with van der Waals surface area (Å²) < 4.78 is 0. The molecule has 0 amide bonds. The van der Waals surface area contributed by atoms with Crippen LogP contribution in [0.5, 0.6) is 0 Å². The van der Waals surface area contributed by atoms with Gasteiger partial charge >= 0.3 is 0 Å². The molecule has 1 fully saturated rings. The molecule has 0 unspecified atom stereocenters. The van der Waals surface area contributed by atoms with Crippen LogP contribution in [0.25, 0.3) is 0 Å². The average Bonchev–Trinajstić information content (AvgIpc) is 2.29. The van der Waals surface area contributed by atoms with E-state index in [4.69, 9.17) is 0 Å². The minimum absolute atomic E-state index is 0.546. The van der Waals surface area contributed by atoms with E-state index in [9.17, 15) is 0 Å². The highest BCUT2D eigenvalue weighted by Gasteiger charge is 2.16. The summed E-state index contributed by atoms with van der Waals surface area (Å²) in [6.07, 6.45) is 4.77. The molecule has 4 heteroatoms. The molecule has 1 N–H and O–H groups in total. The highest BCUT2D eigenvalue weighted by atomic mass is 15.2. The maximum absolute atomic E-state index is 4.32. The van der Waals surface area contributed by atoms with Crippen LogP contribution in [-0.4, -0.2) is 35.6 Å². The van der Waals surface area contributed by atoms with Gasteiger partial charge in [0.15, 0.2) is 0 Å². The van der Waals surface area contributed by atoms with Crippen molar-refractivity contribution in [1.82, 2.24) is 15.3 Å². The molecule has 1 atom stereocenters. The fourth-order valence-corrected chi connectivity index (χ4v) is 1.86. The first-order valence-electron chi connectivity index (χ1n) is 5.59. The highest BCUT2D eigenvalue weighted by Crippen LogP contribution is 2.13. The van der Waals surface area contributed by atoms with Crippen molar-refractivity contribution < 1.29 is 0 Å². The second-order valence-electron chi connectivity index (χ2n) is 4.01. The summed E-state index contributed by atoms with van der Waals surface area (Å²) >= 11 is 0. The van der Waals surface area contributed by atoms with Gasteiger partial charge in [0.25, 0.3) is 0 Å². The summed E-state index contributed by atoms with van der Waals surface area (Å²) in [5.74, 6) is 0.918. The summed E-state index contributed by atoms with van der Waals surface area (Å²) in [5.41, 5.74) is 1.14. The molecule has 15 heavy (non-hydrogen) atoms. The van der Waals surface area contributed by atoms with Crippen molar-refractivity contribution >= 4 is 5.69 Å². The van der Waals surface area contributed by atoms with E-state index < -0.39 is 0 Å². The molecule has 0 aromatic carbocycles. The van der Waals surface area contributed by atoms with E-state index in [1.807, 2.05) is 12.4 Å². The molecule has 0 spiro atoms. The molecule has 0 radical (unpaired) electrons. The molecule has 2 heterocycles. The third-order valence-corrected chi connectivity index (χ3v) is 2.74. The lowest BCUT2D eigenvalue weighted by atomic mass is 10.2. The lowest BCUT2D eigenvalue weighted by Crippen LogP contribution is -2.49. The smallest absolute Gasteiger partial charge is 0.128 e. The molecular formula is C11H18N4. The van der Waals surface area contributed by atoms with Gasteiger partial charge in [0, 0.05) is 32.1 Å². The molecule has 2 rings (SSSR count). The molecule has 1 saturated heterocycles. The molecular weight excluding hydrogens is 188 g/mol. The molecule has 1 aromatic heterocycles. The number of hydrogen-bond acceptors (Lipinski definition) is 4. The Labute approximate surface area is 90.7 Å². The lowest BCUT2D eigenvalue weighted by molar-refractivity contribution is 0.484. The van der Waals surface area contributed by atoms with Crippen LogP contribution in [0.15, 0.2) is 12.4 Å². The van der Waals surface area contributed by atoms with Crippen LogP contribution >= 0.6 is 0 Å². The van der Waals surface area contributed by atoms with Crippen LogP contribution in [0.2, 0.25) is 0 Å². The Morgan fingerprint density at radius 2 is 2.20 bits per heavy atom. The molecule has 82 valence electrons. The minimum Gasteiger partial charge on any atom is -0.366 e. The van der Waals surface area contributed by atoms with Crippen LogP contribution in [-0.2, 0) is 6.42 Å². The van der Waals surface area contributed by atoms with Gasteiger partial charge in [-0.3, -0.25) is 0 Å². The predicted octanol–water partition coefficient (Wildman–Crippen LogP) is 0.837. The summed E-state index contributed by atoms with van der Waals surface area (Å²) in [6.45, 7) is 7.39. The summed E-state index contributed by atoms with van der Waals surface area (Å²) in [6, 6.07) is 0.546. The lowest BCUT2D eigenvalue weighted by Gasteiger charge is -2.33. The van der Waals surface area contributed by atoms with Gasteiger partial charge in [-0.2, -0.15) is 0 Å². The van der Waals surface area contributed by atoms with Crippen molar-refractivity contribution in [3.63, 3.8) is 0 Å². The number of aromatic nitrogens is 2. The van der Waals surface area contributed by atoms with Gasteiger partial charge in [0.05, 0.1) is 18.1 Å². The molecule has 1 aliphatic rings. The number of piperazine rings is 1. The normalized spacial score (nSPS) is 21.7. The number of anilines is 1. The van der Waals surface area contributed by atoms with Gasteiger partial charge in [0.2, 0.25) is 0 Å². The maximum Gasteiger partial charge on any atom is 0.128 e. The van der Waals surface area contributed by atoms with Crippen LogP contribution in [0.4, 0.5) is 5.69 Å². The van der Waals surface area contributed by atoms with Gasteiger partial charge in [-0.1, -0.05) is 6.92 Å². The second kappa shape index (κ2) is 4.57. The Kier molecular flexibility index (Phi) is 3.16. The largest absolute Gasteiger partial charge is 0.366 e. The first kappa shape index (κ1) is 10.4. The molecule has 1 aromatic rings. The fourth-order valence-electron chi connectivity index (χ4n) is 1.86. The van der Waals surface area contributed by atoms with Crippen molar-refractivity contribution in [3.8, 4) is 0 Å². The Balaban J connectivity index is 2.07. The highest BCUT2D eigenvalue weighted by molar-refractivity contribution is 5.42. The van der Waals surface area contributed by atoms with Crippen molar-refractivity contribution in [2.45, 2.75) is 26.3 Å². The first-order chi connectivity index (χ1) is 7.29. The Hall–Kier alpha value is -1.16. The van der Waals surface area contributed by atoms with E-state index in [1.165, 1.54) is 0 Å². The molecule has 0 bridgehead atoms. The summed E-state index contributed by atoms with van der Waals surface area (Å²) in [5, 5.41) is 3.42. The van der Waals surface area contributed by atoms with E-state index in [0.717, 1.165) is 37.6 Å². The van der Waals surface area contributed by atoms with Crippen LogP contribution in [0, 0.1) is 0 Å². The number of nitrogens with zero attached hydrogens (tertiary/aromatic N) is 3.